The average Bonchev–Trinajstić information content (AvgIpc) is 3.13. The first kappa shape index (κ1) is 17.0. The van der Waals surface area contributed by atoms with E-state index in [-0.39, 0.29) is 0 Å². The Morgan fingerprint density at radius 2 is 1.89 bits per heavy atom. The molecule has 0 bridgehead atoms. The van der Waals surface area contributed by atoms with Gasteiger partial charge in [-0.05, 0) is 34.0 Å². The van der Waals surface area contributed by atoms with Crippen LogP contribution in [0.2, 0.25) is 0 Å². The molecule has 0 radical (unpaired) electrons. The van der Waals surface area contributed by atoms with Crippen LogP contribution in [0, 0.1) is 11.3 Å². The number of aryl methyl sites for hydroxylation is 1. The fourth-order valence-corrected chi connectivity index (χ4v) is 3.52. The number of fused-ring (bicyclic) bond motifs is 1. The summed E-state index contributed by atoms with van der Waals surface area (Å²) in [6.07, 6.45) is 3.17. The molecule has 4 nitrogen and oxygen atoms in total. The maximum atomic E-state index is 10.6. The van der Waals surface area contributed by atoms with E-state index in [0.29, 0.717) is 12.0 Å². The predicted molar refractivity (Wildman–Crippen MR) is 106 cm³/mol. The Bertz CT molecular complexity index is 1150. The zero-order chi connectivity index (χ0) is 18.8. The van der Waals surface area contributed by atoms with Crippen molar-refractivity contribution in [3.8, 4) is 17.2 Å². The van der Waals surface area contributed by atoms with Crippen molar-refractivity contribution in [1.29, 1.82) is 5.26 Å². The number of hydrogen-bond acceptors (Lipinski definition) is 3. The Hall–Kier alpha value is -3.42. The Kier molecular flexibility index (Phi) is 4.45. The van der Waals surface area contributed by atoms with Crippen LogP contribution in [0.25, 0.3) is 21.9 Å². The van der Waals surface area contributed by atoms with Gasteiger partial charge in [-0.2, -0.15) is 5.26 Å². The molecule has 0 fully saturated rings. The van der Waals surface area contributed by atoms with Gasteiger partial charge in [0.15, 0.2) is 0 Å². The van der Waals surface area contributed by atoms with Gasteiger partial charge in [-0.3, -0.25) is 0 Å². The van der Waals surface area contributed by atoms with E-state index in [1.807, 2.05) is 54.1 Å². The Morgan fingerprint density at radius 3 is 2.67 bits per heavy atom. The lowest BCUT2D eigenvalue weighted by Gasteiger charge is -2.14. The fraction of sp³-hybridized carbons (Fsp3) is 0.130. The molecule has 1 aromatic heterocycles. The van der Waals surface area contributed by atoms with E-state index >= 15 is 0 Å². The van der Waals surface area contributed by atoms with Gasteiger partial charge in [0.1, 0.15) is 0 Å². The van der Waals surface area contributed by atoms with Crippen molar-refractivity contribution in [3.05, 3.63) is 90.0 Å². The molecule has 0 spiro atoms. The number of rotatable bonds is 4. The summed E-state index contributed by atoms with van der Waals surface area (Å²) >= 11 is 0. The first-order valence-electron chi connectivity index (χ1n) is 8.83. The number of aliphatic hydroxyl groups excluding tert-OH is 1. The molecular weight excluding hydrogens is 334 g/mol. The van der Waals surface area contributed by atoms with Crippen molar-refractivity contribution in [3.63, 3.8) is 0 Å². The van der Waals surface area contributed by atoms with E-state index < -0.39 is 6.10 Å². The molecule has 0 aliphatic carbocycles. The molecule has 132 valence electrons. The van der Waals surface area contributed by atoms with E-state index in [1.54, 1.807) is 12.5 Å². The third-order valence-corrected chi connectivity index (χ3v) is 4.91. The minimum Gasteiger partial charge on any atom is -0.386 e. The third kappa shape index (κ3) is 3.21. The van der Waals surface area contributed by atoms with Gasteiger partial charge in [0.2, 0.25) is 0 Å². The summed E-state index contributed by atoms with van der Waals surface area (Å²) < 4.78 is 1.82. The quantitative estimate of drug-likeness (QED) is 0.592. The number of hydrogen-bond donors (Lipinski definition) is 1. The minimum atomic E-state index is -0.647. The summed E-state index contributed by atoms with van der Waals surface area (Å²) in [6.45, 7) is 0. The van der Waals surface area contributed by atoms with Crippen LogP contribution in [-0.2, 0) is 13.5 Å². The molecular formula is C23H19N3O. The van der Waals surface area contributed by atoms with E-state index in [1.165, 1.54) is 0 Å². The Balaban J connectivity index is 1.78. The van der Waals surface area contributed by atoms with Crippen molar-refractivity contribution < 1.29 is 5.11 Å². The number of nitrogens with zero attached hydrogens (tertiary/aromatic N) is 3. The third-order valence-electron chi connectivity index (χ3n) is 4.91. The lowest BCUT2D eigenvalue weighted by atomic mass is 9.92. The highest BCUT2D eigenvalue weighted by Gasteiger charge is 2.15. The van der Waals surface area contributed by atoms with Gasteiger partial charge in [-0.25, -0.2) is 4.98 Å². The van der Waals surface area contributed by atoms with Gasteiger partial charge in [0, 0.05) is 19.0 Å². The van der Waals surface area contributed by atoms with Gasteiger partial charge in [-0.1, -0.05) is 48.5 Å². The SMILES string of the molecule is Cn1cncc1C(O)Cc1ccc(C#N)c(-c2cccc3ccccc23)c1. The van der Waals surface area contributed by atoms with Gasteiger partial charge in [-0.15, -0.1) is 0 Å². The van der Waals surface area contributed by atoms with Crippen LogP contribution in [0.3, 0.4) is 0 Å². The van der Waals surface area contributed by atoms with Crippen molar-refractivity contribution >= 4 is 10.8 Å². The molecule has 4 aromatic rings. The van der Waals surface area contributed by atoms with Crippen LogP contribution >= 0.6 is 0 Å². The van der Waals surface area contributed by atoms with E-state index in [0.717, 1.165) is 33.2 Å². The molecule has 0 saturated heterocycles. The van der Waals surface area contributed by atoms with Crippen LogP contribution < -0.4 is 0 Å². The summed E-state index contributed by atoms with van der Waals surface area (Å²) in [5.41, 5.74) is 4.30. The topological polar surface area (TPSA) is 61.8 Å². The van der Waals surface area contributed by atoms with Gasteiger partial charge < -0.3 is 9.67 Å². The molecule has 4 rings (SSSR count). The number of nitriles is 1. The molecule has 4 heteroatoms. The van der Waals surface area contributed by atoms with Crippen LogP contribution in [0.4, 0.5) is 0 Å². The molecule has 1 N–H and O–H groups in total. The molecule has 0 aliphatic heterocycles. The number of aliphatic hydroxyl groups is 1. The predicted octanol–water partition coefficient (Wildman–Crippen LogP) is 4.39. The highest BCUT2D eigenvalue weighted by atomic mass is 16.3. The molecule has 1 heterocycles. The maximum absolute atomic E-state index is 10.6. The summed E-state index contributed by atoms with van der Waals surface area (Å²) in [4.78, 5) is 4.07. The second-order valence-electron chi connectivity index (χ2n) is 6.67. The van der Waals surface area contributed by atoms with E-state index in [2.05, 4.69) is 29.3 Å². The molecule has 27 heavy (non-hydrogen) atoms. The smallest absolute Gasteiger partial charge is 0.0998 e. The normalized spacial score (nSPS) is 12.0. The van der Waals surface area contributed by atoms with Crippen LogP contribution in [0.1, 0.15) is 22.9 Å². The van der Waals surface area contributed by atoms with Crippen LogP contribution in [0.5, 0.6) is 0 Å². The maximum Gasteiger partial charge on any atom is 0.0998 e. The molecule has 3 aromatic carbocycles. The highest BCUT2D eigenvalue weighted by Crippen LogP contribution is 2.32. The van der Waals surface area contributed by atoms with Crippen LogP contribution in [0.15, 0.2) is 73.2 Å². The van der Waals surface area contributed by atoms with Crippen LogP contribution in [-0.4, -0.2) is 14.7 Å². The zero-order valence-corrected chi connectivity index (χ0v) is 15.0. The molecule has 1 atom stereocenters. The van der Waals surface area contributed by atoms with Gasteiger partial charge in [0.25, 0.3) is 0 Å². The summed E-state index contributed by atoms with van der Waals surface area (Å²) in [5, 5.41) is 22.4. The van der Waals surface area contributed by atoms with E-state index in [9.17, 15) is 10.4 Å². The molecule has 0 amide bonds. The fourth-order valence-electron chi connectivity index (χ4n) is 3.52. The standard InChI is InChI=1S/C23H19N3O/c1-26-15-25-14-22(26)23(27)12-16-9-10-18(13-24)21(11-16)20-8-4-6-17-5-2-3-7-19(17)20/h2-11,14-15,23,27H,12H2,1H3. The molecule has 1 unspecified atom stereocenters. The average molecular weight is 353 g/mol. The first-order chi connectivity index (χ1) is 13.2. The second-order valence-corrected chi connectivity index (χ2v) is 6.67. The highest BCUT2D eigenvalue weighted by molar-refractivity contribution is 5.97. The summed E-state index contributed by atoms with van der Waals surface area (Å²) in [5.74, 6) is 0. The molecule has 0 saturated carbocycles. The largest absolute Gasteiger partial charge is 0.386 e. The second kappa shape index (κ2) is 7.06. The van der Waals surface area contributed by atoms with Gasteiger partial charge in [0.05, 0.1) is 36.0 Å². The van der Waals surface area contributed by atoms with E-state index in [4.69, 9.17) is 0 Å². The van der Waals surface area contributed by atoms with Crippen molar-refractivity contribution in [2.75, 3.05) is 0 Å². The monoisotopic (exact) mass is 353 g/mol. The first-order valence-corrected chi connectivity index (χ1v) is 8.83. The number of benzene rings is 3. The zero-order valence-electron chi connectivity index (χ0n) is 15.0. The Morgan fingerprint density at radius 1 is 1.07 bits per heavy atom. The number of aromatic nitrogens is 2. The molecule has 0 aliphatic rings. The minimum absolute atomic E-state index is 0.461. The lowest BCUT2D eigenvalue weighted by molar-refractivity contribution is 0.170. The summed E-state index contributed by atoms with van der Waals surface area (Å²) in [6, 6.07) is 22.3. The Labute approximate surface area is 158 Å². The number of imidazole rings is 1. The van der Waals surface area contributed by atoms with Crippen molar-refractivity contribution in [2.45, 2.75) is 12.5 Å². The lowest BCUT2D eigenvalue weighted by Crippen LogP contribution is -2.06. The summed E-state index contributed by atoms with van der Waals surface area (Å²) in [7, 11) is 1.87. The van der Waals surface area contributed by atoms with Gasteiger partial charge >= 0.3 is 0 Å². The van der Waals surface area contributed by atoms with Crippen molar-refractivity contribution in [2.24, 2.45) is 7.05 Å². The van der Waals surface area contributed by atoms with Crippen molar-refractivity contribution in [1.82, 2.24) is 9.55 Å².